The van der Waals surface area contributed by atoms with Gasteiger partial charge in [0.1, 0.15) is 17.3 Å². The number of para-hydroxylation sites is 2. The first-order valence-corrected chi connectivity index (χ1v) is 23.3. The number of nitrogens with zero attached hydrogens (tertiary/aromatic N) is 4. The van der Waals surface area contributed by atoms with Crippen molar-refractivity contribution in [1.82, 2.24) is 14.1 Å². The molecule has 4 heterocycles. The summed E-state index contributed by atoms with van der Waals surface area (Å²) in [6.45, 7) is 28.6. The quantitative estimate of drug-likeness (QED) is 0.131. The van der Waals surface area contributed by atoms with E-state index in [9.17, 15) is 0 Å². The minimum absolute atomic E-state index is 0.0530. The highest BCUT2D eigenvalue weighted by Gasteiger charge is 2.54. The summed E-state index contributed by atoms with van der Waals surface area (Å²) in [5, 5.41) is 2.34. The summed E-state index contributed by atoms with van der Waals surface area (Å²) in [6, 6.07) is 45.0. The molecule has 2 aliphatic rings. The largest absolute Gasteiger partial charge is 0.458 e. The Kier molecular flexibility index (Phi) is 8.60. The molecule has 5 nitrogen and oxygen atoms in total. The van der Waals surface area contributed by atoms with Gasteiger partial charge in [0, 0.05) is 23.0 Å². The van der Waals surface area contributed by atoms with E-state index >= 15 is 0 Å². The molecule has 0 amide bonds. The van der Waals surface area contributed by atoms with Gasteiger partial charge >= 0.3 is 0 Å². The topological polar surface area (TPSA) is 35.9 Å². The number of hydrogen-bond acceptors (Lipinski definition) is 2. The Labute approximate surface area is 384 Å². The SMILES string of the molecule is C[n+]1[c-]n2c3c(cccc31)C1(c3ccc(Oc4ccc5c6ccccc6n(-c6ccccn6)c5c4)cc3-2)c2c(cc(C(C)(C)C)cc2C(C)(C)C)-c2cc(C(C)(C)C)cc(C(C)(C)C)c21. The highest BCUT2D eigenvalue weighted by Crippen LogP contribution is 2.65. The number of ether oxygens (including phenoxy) is 1. The Morgan fingerprint density at radius 1 is 0.554 bits per heavy atom. The van der Waals surface area contributed by atoms with E-state index < -0.39 is 5.41 Å². The molecule has 11 rings (SSSR count). The summed E-state index contributed by atoms with van der Waals surface area (Å²) in [6.07, 6.45) is 5.63. The molecule has 3 aromatic heterocycles. The monoisotopic (exact) mass is 852 g/mol. The molecule has 326 valence electrons. The zero-order chi connectivity index (χ0) is 45.7. The van der Waals surface area contributed by atoms with Crippen molar-refractivity contribution in [3.8, 4) is 34.1 Å². The van der Waals surface area contributed by atoms with Crippen LogP contribution in [0.1, 0.15) is 128 Å². The van der Waals surface area contributed by atoms with Crippen LogP contribution in [-0.4, -0.2) is 14.1 Å². The molecule has 65 heavy (non-hydrogen) atoms. The van der Waals surface area contributed by atoms with E-state index in [2.05, 4.69) is 219 Å². The Bertz CT molecular complexity index is 3360. The second-order valence-electron chi connectivity index (χ2n) is 22.8. The third-order valence-electron chi connectivity index (χ3n) is 14.3. The standard InChI is InChI=1S/C60H60N4O/c1-56(2,3)36-29-42-43-30-37(57(4,5)6)32-47(59(10,11)12)54(43)60(53(42)46(31-36)58(7,8)9)44-27-25-39(34-51(44)63-35-62(13)49-22-18-20-45(60)55(49)63)65-38-24-26-41-40-19-14-15-21-48(40)64(50(41)33-38)52-23-16-17-28-61-52/h14-34H,1-13H3. The van der Waals surface area contributed by atoms with Gasteiger partial charge in [-0.1, -0.05) is 156 Å². The first kappa shape index (κ1) is 41.3. The lowest BCUT2D eigenvalue weighted by Gasteiger charge is -2.45. The molecule has 9 aromatic rings. The first-order chi connectivity index (χ1) is 30.7. The summed E-state index contributed by atoms with van der Waals surface area (Å²) >= 11 is 0. The van der Waals surface area contributed by atoms with Crippen molar-refractivity contribution in [2.75, 3.05) is 0 Å². The van der Waals surface area contributed by atoms with Crippen LogP contribution in [0.25, 0.3) is 55.5 Å². The second-order valence-corrected chi connectivity index (χ2v) is 22.8. The lowest BCUT2D eigenvalue weighted by molar-refractivity contribution is -0.649. The normalized spacial score (nSPS) is 14.4. The second kappa shape index (κ2) is 13.5. The molecule has 6 aromatic carbocycles. The van der Waals surface area contributed by atoms with E-state index in [0.29, 0.717) is 0 Å². The molecule has 0 unspecified atom stereocenters. The molecule has 0 saturated carbocycles. The van der Waals surface area contributed by atoms with Crippen molar-refractivity contribution >= 4 is 32.8 Å². The molecule has 0 radical (unpaired) electrons. The average molecular weight is 853 g/mol. The van der Waals surface area contributed by atoms with Crippen LogP contribution in [-0.2, 0) is 34.1 Å². The molecule has 1 aliphatic carbocycles. The Morgan fingerprint density at radius 3 is 1.77 bits per heavy atom. The molecular weight excluding hydrogens is 793 g/mol. The fourth-order valence-corrected chi connectivity index (χ4v) is 11.1. The fourth-order valence-electron chi connectivity index (χ4n) is 11.1. The van der Waals surface area contributed by atoms with Crippen molar-refractivity contribution in [2.45, 2.75) is 110 Å². The van der Waals surface area contributed by atoms with E-state index in [1.165, 1.54) is 66.5 Å². The highest BCUT2D eigenvalue weighted by molar-refractivity contribution is 6.09. The molecule has 0 saturated heterocycles. The third kappa shape index (κ3) is 5.96. The van der Waals surface area contributed by atoms with Gasteiger partial charge in [-0.05, 0) is 120 Å². The van der Waals surface area contributed by atoms with Crippen LogP contribution < -0.4 is 9.30 Å². The van der Waals surface area contributed by atoms with Crippen LogP contribution in [0.2, 0.25) is 0 Å². The maximum Gasteiger partial charge on any atom is 0.244 e. The van der Waals surface area contributed by atoms with Gasteiger partial charge in [-0.15, -0.1) is 0 Å². The molecule has 1 spiro atoms. The van der Waals surface area contributed by atoms with Crippen LogP contribution in [0.3, 0.4) is 0 Å². The Morgan fingerprint density at radius 2 is 1.15 bits per heavy atom. The minimum Gasteiger partial charge on any atom is -0.458 e. The van der Waals surface area contributed by atoms with Crippen molar-refractivity contribution in [3.05, 3.63) is 178 Å². The van der Waals surface area contributed by atoms with E-state index in [1.54, 1.807) is 0 Å². The number of benzene rings is 6. The summed E-state index contributed by atoms with van der Waals surface area (Å²) in [5.74, 6) is 2.41. The predicted molar refractivity (Wildman–Crippen MR) is 268 cm³/mol. The maximum absolute atomic E-state index is 7.01. The molecule has 5 heteroatoms. The number of fused-ring (bicyclic) bond motifs is 12. The van der Waals surface area contributed by atoms with Crippen molar-refractivity contribution in [2.24, 2.45) is 7.05 Å². The predicted octanol–water partition coefficient (Wildman–Crippen LogP) is 14.4. The fraction of sp³-hybridized carbons (Fsp3) is 0.300. The molecular formula is C60H60N4O. The van der Waals surface area contributed by atoms with Crippen LogP contribution in [0.5, 0.6) is 11.5 Å². The average Bonchev–Trinajstić information content (AvgIpc) is 3.87. The van der Waals surface area contributed by atoms with E-state index in [-0.39, 0.29) is 21.7 Å². The van der Waals surface area contributed by atoms with Gasteiger partial charge in [-0.3, -0.25) is 4.57 Å². The van der Waals surface area contributed by atoms with Crippen molar-refractivity contribution in [3.63, 3.8) is 0 Å². The summed E-state index contributed by atoms with van der Waals surface area (Å²) in [4.78, 5) is 4.78. The van der Waals surface area contributed by atoms with Crippen LogP contribution in [0.15, 0.2) is 128 Å². The van der Waals surface area contributed by atoms with Crippen LogP contribution in [0, 0.1) is 6.33 Å². The molecule has 0 N–H and O–H groups in total. The minimum atomic E-state index is -0.645. The molecule has 1 aliphatic heterocycles. The van der Waals surface area contributed by atoms with Gasteiger partial charge in [0.2, 0.25) is 6.33 Å². The number of rotatable bonds is 3. The summed E-state index contributed by atoms with van der Waals surface area (Å²) in [7, 11) is 2.12. The van der Waals surface area contributed by atoms with Gasteiger partial charge in [0.25, 0.3) is 0 Å². The van der Waals surface area contributed by atoms with Gasteiger partial charge in [-0.2, -0.15) is 0 Å². The number of pyridine rings is 1. The van der Waals surface area contributed by atoms with Crippen molar-refractivity contribution in [1.29, 1.82) is 0 Å². The maximum atomic E-state index is 7.01. The van der Waals surface area contributed by atoms with Gasteiger partial charge in [0.05, 0.1) is 40.2 Å². The molecule has 0 atom stereocenters. The number of hydrogen-bond donors (Lipinski definition) is 0. The number of aryl methyl sites for hydroxylation is 1. The first-order valence-electron chi connectivity index (χ1n) is 23.3. The zero-order valence-electron chi connectivity index (χ0n) is 40.3. The molecule has 0 fully saturated rings. The lowest BCUT2D eigenvalue weighted by atomic mass is 9.60. The Hall–Kier alpha value is -6.46. The van der Waals surface area contributed by atoms with Crippen molar-refractivity contribution < 1.29 is 9.30 Å². The van der Waals surface area contributed by atoms with Gasteiger partial charge in [0.15, 0.2) is 0 Å². The van der Waals surface area contributed by atoms with Gasteiger partial charge in [-0.25, -0.2) is 4.98 Å². The van der Waals surface area contributed by atoms with E-state index in [1.807, 2.05) is 18.3 Å². The van der Waals surface area contributed by atoms with Crippen LogP contribution in [0.4, 0.5) is 0 Å². The third-order valence-corrected chi connectivity index (χ3v) is 14.3. The smallest absolute Gasteiger partial charge is 0.244 e. The Balaban J connectivity index is 1.23. The zero-order valence-corrected chi connectivity index (χ0v) is 40.3. The van der Waals surface area contributed by atoms with E-state index in [0.717, 1.165) is 44.9 Å². The van der Waals surface area contributed by atoms with Gasteiger partial charge < -0.3 is 13.9 Å². The highest BCUT2D eigenvalue weighted by atomic mass is 16.5. The van der Waals surface area contributed by atoms with Crippen LogP contribution >= 0.6 is 0 Å². The number of aromatic nitrogens is 4. The number of imidazole rings is 1. The summed E-state index contributed by atoms with van der Waals surface area (Å²) < 4.78 is 13.7. The summed E-state index contributed by atoms with van der Waals surface area (Å²) in [5.41, 5.74) is 18.0. The lowest BCUT2D eigenvalue weighted by Crippen LogP contribution is -2.38. The molecule has 0 bridgehead atoms. The van der Waals surface area contributed by atoms with E-state index in [4.69, 9.17) is 9.72 Å².